The Labute approximate surface area is 108 Å². The summed E-state index contributed by atoms with van der Waals surface area (Å²) in [6.07, 6.45) is 1.64. The van der Waals surface area contributed by atoms with E-state index >= 15 is 0 Å². The number of anilines is 1. The number of nitrogens with one attached hydrogen (secondary N) is 1. The molecule has 0 aliphatic heterocycles. The zero-order valence-electron chi connectivity index (χ0n) is 10.1. The Hall–Kier alpha value is -2.02. The molecule has 0 aliphatic rings. The second kappa shape index (κ2) is 5.09. The van der Waals surface area contributed by atoms with Crippen LogP contribution in [0.4, 0.5) is 5.82 Å². The fraction of sp³-hybridized carbons (Fsp3) is 0.273. The van der Waals surface area contributed by atoms with Crippen LogP contribution in [0.3, 0.4) is 0 Å². The Balaban J connectivity index is 1.98. The molecule has 0 saturated heterocycles. The van der Waals surface area contributed by atoms with Crippen LogP contribution in [0.1, 0.15) is 15.2 Å². The van der Waals surface area contributed by atoms with Gasteiger partial charge >= 0.3 is 0 Å². The van der Waals surface area contributed by atoms with E-state index in [0.717, 1.165) is 5.56 Å². The van der Waals surface area contributed by atoms with Crippen LogP contribution < -0.4 is 15.8 Å². The number of aryl methyl sites for hydroxylation is 1. The maximum Gasteiger partial charge on any atom is 0.261 e. The third-order valence-electron chi connectivity index (χ3n) is 2.54. The number of nitrogen functional groups attached to an aromatic ring is 1. The van der Waals surface area contributed by atoms with Gasteiger partial charge in [0.2, 0.25) is 0 Å². The number of carbonyl (C=O) groups excluding carboxylic acids is 1. The van der Waals surface area contributed by atoms with Crippen LogP contribution in [-0.4, -0.2) is 22.8 Å². The maximum atomic E-state index is 11.8. The van der Waals surface area contributed by atoms with Crippen molar-refractivity contribution in [3.05, 3.63) is 28.1 Å². The van der Waals surface area contributed by atoms with Gasteiger partial charge in [0.05, 0.1) is 18.2 Å². The molecule has 7 heteroatoms. The molecule has 96 valence electrons. The van der Waals surface area contributed by atoms with Crippen molar-refractivity contribution in [2.75, 3.05) is 12.8 Å². The normalized spacial score (nSPS) is 10.3. The number of hydrogen-bond donors (Lipinski definition) is 2. The summed E-state index contributed by atoms with van der Waals surface area (Å²) in [5.74, 6) is 1.09. The Bertz CT molecular complexity index is 561. The first-order valence-electron chi connectivity index (χ1n) is 5.29. The van der Waals surface area contributed by atoms with Crippen molar-refractivity contribution >= 4 is 23.1 Å². The predicted octanol–water partition coefficient (Wildman–Crippen LogP) is 1.00. The lowest BCUT2D eigenvalue weighted by Gasteiger charge is -2.02. The summed E-state index contributed by atoms with van der Waals surface area (Å²) < 4.78 is 6.59. The van der Waals surface area contributed by atoms with Crippen molar-refractivity contribution in [2.45, 2.75) is 6.54 Å². The smallest absolute Gasteiger partial charge is 0.261 e. The van der Waals surface area contributed by atoms with Crippen LogP contribution in [-0.2, 0) is 13.6 Å². The molecule has 2 heterocycles. The number of methoxy groups -OCH3 is 1. The lowest BCUT2D eigenvalue weighted by atomic mass is 10.3. The number of thiophene rings is 1. The van der Waals surface area contributed by atoms with Gasteiger partial charge in [0.15, 0.2) is 0 Å². The molecule has 0 fully saturated rings. The van der Waals surface area contributed by atoms with Gasteiger partial charge in [-0.1, -0.05) is 0 Å². The zero-order valence-corrected chi connectivity index (χ0v) is 11.0. The van der Waals surface area contributed by atoms with E-state index in [1.165, 1.54) is 11.3 Å². The Morgan fingerprint density at radius 3 is 3.00 bits per heavy atom. The minimum atomic E-state index is -0.147. The fourth-order valence-corrected chi connectivity index (χ4v) is 2.21. The molecule has 1 amide bonds. The summed E-state index contributed by atoms with van der Waals surface area (Å²) in [4.78, 5) is 12.4. The molecule has 6 nitrogen and oxygen atoms in total. The lowest BCUT2D eigenvalue weighted by Crippen LogP contribution is -2.22. The molecule has 0 bridgehead atoms. The van der Waals surface area contributed by atoms with Crippen molar-refractivity contribution in [2.24, 2.45) is 7.05 Å². The van der Waals surface area contributed by atoms with E-state index in [2.05, 4.69) is 10.4 Å². The lowest BCUT2D eigenvalue weighted by molar-refractivity contribution is 0.0955. The predicted molar refractivity (Wildman–Crippen MR) is 69.7 cm³/mol. The molecular weight excluding hydrogens is 252 g/mol. The van der Waals surface area contributed by atoms with Crippen LogP contribution in [0, 0.1) is 0 Å². The number of carbonyl (C=O) groups is 1. The molecule has 2 aromatic heterocycles. The monoisotopic (exact) mass is 266 g/mol. The molecule has 0 saturated carbocycles. The van der Waals surface area contributed by atoms with Crippen LogP contribution in [0.15, 0.2) is 17.6 Å². The Kier molecular flexibility index (Phi) is 3.52. The van der Waals surface area contributed by atoms with Gasteiger partial charge in [-0.2, -0.15) is 5.10 Å². The summed E-state index contributed by atoms with van der Waals surface area (Å²) in [6, 6.07) is 1.70. The molecule has 0 atom stereocenters. The molecule has 3 N–H and O–H groups in total. The van der Waals surface area contributed by atoms with Gasteiger partial charge in [-0.25, -0.2) is 0 Å². The first-order chi connectivity index (χ1) is 8.61. The quantitative estimate of drug-likeness (QED) is 0.865. The summed E-state index contributed by atoms with van der Waals surface area (Å²) >= 11 is 1.34. The number of aromatic nitrogens is 2. The van der Waals surface area contributed by atoms with Crippen LogP contribution in [0.25, 0.3) is 0 Å². The number of amides is 1. The second-order valence-electron chi connectivity index (χ2n) is 3.71. The molecule has 0 spiro atoms. The van der Waals surface area contributed by atoms with E-state index in [4.69, 9.17) is 10.5 Å². The van der Waals surface area contributed by atoms with Crippen LogP contribution in [0.5, 0.6) is 5.75 Å². The highest BCUT2D eigenvalue weighted by atomic mass is 32.1. The number of rotatable bonds is 4. The van der Waals surface area contributed by atoms with Crippen molar-refractivity contribution in [1.29, 1.82) is 0 Å². The fourth-order valence-electron chi connectivity index (χ4n) is 1.44. The molecule has 0 aromatic carbocycles. The molecule has 2 rings (SSSR count). The van der Waals surface area contributed by atoms with Gasteiger partial charge < -0.3 is 15.8 Å². The second-order valence-corrected chi connectivity index (χ2v) is 4.62. The molecule has 0 unspecified atom stereocenters. The van der Waals surface area contributed by atoms with E-state index in [1.807, 2.05) is 0 Å². The van der Waals surface area contributed by atoms with E-state index in [9.17, 15) is 4.79 Å². The largest absolute Gasteiger partial charge is 0.496 e. The highest BCUT2D eigenvalue weighted by Gasteiger charge is 2.11. The number of nitrogens with zero attached hydrogens (tertiary/aromatic N) is 2. The van der Waals surface area contributed by atoms with Crippen molar-refractivity contribution < 1.29 is 9.53 Å². The first-order valence-corrected chi connectivity index (χ1v) is 6.17. The van der Waals surface area contributed by atoms with Crippen LogP contribution >= 0.6 is 11.3 Å². The van der Waals surface area contributed by atoms with Crippen molar-refractivity contribution in [3.8, 4) is 5.75 Å². The average molecular weight is 266 g/mol. The maximum absolute atomic E-state index is 11.8. The highest BCUT2D eigenvalue weighted by Crippen LogP contribution is 2.21. The van der Waals surface area contributed by atoms with Crippen LogP contribution in [0.2, 0.25) is 0 Å². The Morgan fingerprint density at radius 2 is 2.44 bits per heavy atom. The van der Waals surface area contributed by atoms with E-state index in [-0.39, 0.29) is 5.91 Å². The molecular formula is C11H14N4O2S. The number of nitrogens with two attached hydrogens (primary N) is 1. The summed E-state index contributed by atoms with van der Waals surface area (Å²) in [7, 11) is 3.32. The van der Waals surface area contributed by atoms with Gasteiger partial charge in [-0.3, -0.25) is 9.48 Å². The first kappa shape index (κ1) is 12.4. The zero-order chi connectivity index (χ0) is 13.1. The number of hydrogen-bond acceptors (Lipinski definition) is 5. The van der Waals surface area contributed by atoms with Crippen molar-refractivity contribution in [3.63, 3.8) is 0 Å². The Morgan fingerprint density at radius 1 is 1.67 bits per heavy atom. The molecule has 18 heavy (non-hydrogen) atoms. The third kappa shape index (κ3) is 2.45. The van der Waals surface area contributed by atoms with E-state index in [0.29, 0.717) is 23.0 Å². The van der Waals surface area contributed by atoms with Crippen molar-refractivity contribution in [1.82, 2.24) is 15.1 Å². The van der Waals surface area contributed by atoms with Gasteiger partial charge in [0.1, 0.15) is 11.6 Å². The topological polar surface area (TPSA) is 82.2 Å². The minimum Gasteiger partial charge on any atom is -0.496 e. The third-order valence-corrected chi connectivity index (χ3v) is 3.45. The SMILES string of the molecule is COc1csc(C(=O)NCc2cnn(C)c2N)c1. The van der Waals surface area contributed by atoms with Gasteiger partial charge in [0.25, 0.3) is 5.91 Å². The van der Waals surface area contributed by atoms with Gasteiger partial charge in [-0.05, 0) is 0 Å². The average Bonchev–Trinajstić information content (AvgIpc) is 2.96. The summed E-state index contributed by atoms with van der Waals surface area (Å²) in [6.45, 7) is 0.360. The number of ether oxygens (including phenoxy) is 1. The summed E-state index contributed by atoms with van der Waals surface area (Å²) in [5.41, 5.74) is 6.59. The van der Waals surface area contributed by atoms with E-state index in [1.54, 1.807) is 36.5 Å². The standard InChI is InChI=1S/C11H14N4O2S/c1-15-10(12)7(5-14-15)4-13-11(16)9-3-8(17-2)6-18-9/h3,5-6H,4,12H2,1-2H3,(H,13,16). The van der Waals surface area contributed by atoms with Gasteiger partial charge in [-0.15, -0.1) is 11.3 Å². The minimum absolute atomic E-state index is 0.147. The highest BCUT2D eigenvalue weighted by molar-refractivity contribution is 7.12. The molecule has 0 radical (unpaired) electrons. The molecule has 0 aliphatic carbocycles. The molecule has 2 aromatic rings. The van der Waals surface area contributed by atoms with E-state index < -0.39 is 0 Å². The summed E-state index contributed by atoms with van der Waals surface area (Å²) in [5, 5.41) is 8.58. The van der Waals surface area contributed by atoms with Gasteiger partial charge in [0, 0.05) is 30.6 Å².